The van der Waals surface area contributed by atoms with Gasteiger partial charge in [-0.15, -0.1) is 11.3 Å². The molecule has 0 aliphatic carbocycles. The second-order valence-corrected chi connectivity index (χ2v) is 7.29. The molecular weight excluding hydrogens is 370 g/mol. The van der Waals surface area contributed by atoms with E-state index < -0.39 is 0 Å². The Morgan fingerprint density at radius 1 is 1.07 bits per heavy atom. The van der Waals surface area contributed by atoms with Crippen LogP contribution >= 0.6 is 11.3 Å². The molecule has 1 amide bonds. The van der Waals surface area contributed by atoms with Gasteiger partial charge in [0, 0.05) is 24.5 Å². The number of carbonyl (C=O) groups excluding carboxylic acids is 2. The zero-order valence-electron chi connectivity index (χ0n) is 15.3. The molecule has 4 rings (SSSR count). The van der Waals surface area contributed by atoms with Crippen LogP contribution in [0.15, 0.2) is 16.5 Å². The molecule has 2 aromatic heterocycles. The number of Topliss-reactive ketones (excluding diaryl/α,β-unsaturated/α-hetero) is 1. The van der Waals surface area contributed by atoms with Gasteiger partial charge in [-0.05, 0) is 13.0 Å². The molecule has 0 saturated carbocycles. The third kappa shape index (κ3) is 2.85. The minimum Gasteiger partial charge on any atom is -0.494 e. The zero-order chi connectivity index (χ0) is 19.1. The Morgan fingerprint density at radius 2 is 1.78 bits per heavy atom. The lowest BCUT2D eigenvalue weighted by molar-refractivity contribution is 0.0284. The molecule has 1 aromatic carbocycles. The predicted octanol–water partition coefficient (Wildman–Crippen LogP) is 3.34. The fourth-order valence-corrected chi connectivity index (χ4v) is 4.40. The van der Waals surface area contributed by atoms with Crippen LogP contribution in [-0.2, 0) is 4.74 Å². The molecule has 0 radical (unpaired) electrons. The molecular formula is C19H19NO6S. The van der Waals surface area contributed by atoms with Crippen LogP contribution in [0.1, 0.15) is 27.2 Å². The Labute approximate surface area is 159 Å². The Bertz CT molecular complexity index is 985. The van der Waals surface area contributed by atoms with Crippen molar-refractivity contribution < 1.29 is 28.2 Å². The maximum Gasteiger partial charge on any atom is 0.289 e. The summed E-state index contributed by atoms with van der Waals surface area (Å²) < 4.78 is 23.2. The summed E-state index contributed by atoms with van der Waals surface area (Å²) in [6, 6.07) is 3.45. The van der Waals surface area contributed by atoms with Crippen LogP contribution in [0.4, 0.5) is 0 Å². The quantitative estimate of drug-likeness (QED) is 0.637. The molecule has 0 bridgehead atoms. The van der Waals surface area contributed by atoms with Crippen LogP contribution in [-0.4, -0.2) is 57.1 Å². The van der Waals surface area contributed by atoms with Crippen molar-refractivity contribution in [2.45, 2.75) is 6.92 Å². The van der Waals surface area contributed by atoms with Gasteiger partial charge in [0.25, 0.3) is 5.91 Å². The van der Waals surface area contributed by atoms with Gasteiger partial charge in [-0.3, -0.25) is 9.59 Å². The lowest BCUT2D eigenvalue weighted by atomic mass is 10.1. The first-order chi connectivity index (χ1) is 13.0. The molecule has 8 heteroatoms. The minimum atomic E-state index is -0.189. The summed E-state index contributed by atoms with van der Waals surface area (Å²) in [4.78, 5) is 26.9. The number of carbonyl (C=O) groups is 2. The Hall–Kier alpha value is -2.58. The van der Waals surface area contributed by atoms with E-state index in [-0.39, 0.29) is 17.5 Å². The third-order valence-corrected chi connectivity index (χ3v) is 5.86. The zero-order valence-corrected chi connectivity index (χ0v) is 16.1. The van der Waals surface area contributed by atoms with Crippen molar-refractivity contribution in [1.29, 1.82) is 0 Å². The number of thiophene rings is 1. The van der Waals surface area contributed by atoms with Gasteiger partial charge < -0.3 is 23.5 Å². The number of morpholine rings is 1. The normalized spacial score (nSPS) is 14.7. The molecule has 3 heterocycles. The number of rotatable bonds is 4. The van der Waals surface area contributed by atoms with Crippen LogP contribution in [0.2, 0.25) is 0 Å². The van der Waals surface area contributed by atoms with E-state index in [9.17, 15) is 9.59 Å². The second-order valence-electron chi connectivity index (χ2n) is 6.23. The van der Waals surface area contributed by atoms with Gasteiger partial charge >= 0.3 is 0 Å². The number of fused-ring (bicyclic) bond motifs is 2. The highest BCUT2D eigenvalue weighted by molar-refractivity contribution is 7.21. The monoisotopic (exact) mass is 389 g/mol. The molecule has 1 aliphatic rings. The van der Waals surface area contributed by atoms with Gasteiger partial charge in [-0.2, -0.15) is 0 Å². The summed E-state index contributed by atoms with van der Waals surface area (Å²) >= 11 is 1.34. The molecule has 7 nitrogen and oxygen atoms in total. The number of amides is 1. The number of benzene rings is 1. The molecule has 0 atom stereocenters. The number of hydrogen-bond acceptors (Lipinski definition) is 7. The van der Waals surface area contributed by atoms with Crippen LogP contribution in [0.5, 0.6) is 11.5 Å². The summed E-state index contributed by atoms with van der Waals surface area (Å²) in [5, 5.41) is 1.38. The standard InChI is InChI=1S/C19H19NO6S/c1-10(21)14-9-12-15(23-2)16-11(17(24-3)18(12)27-14)8-13(26-16)19(22)20-4-6-25-7-5-20/h8-9H,4-7H2,1-3H3. The molecule has 0 N–H and O–H groups in total. The smallest absolute Gasteiger partial charge is 0.289 e. The fraction of sp³-hybridized carbons (Fsp3) is 0.368. The molecule has 3 aromatic rings. The van der Waals surface area contributed by atoms with Crippen molar-refractivity contribution in [1.82, 2.24) is 4.90 Å². The van der Waals surface area contributed by atoms with Crippen LogP contribution in [0.3, 0.4) is 0 Å². The fourth-order valence-electron chi connectivity index (χ4n) is 3.31. The number of ether oxygens (including phenoxy) is 3. The van der Waals surface area contributed by atoms with E-state index in [2.05, 4.69) is 0 Å². The van der Waals surface area contributed by atoms with Crippen molar-refractivity contribution in [3.63, 3.8) is 0 Å². The predicted molar refractivity (Wildman–Crippen MR) is 101 cm³/mol. The number of methoxy groups -OCH3 is 2. The summed E-state index contributed by atoms with van der Waals surface area (Å²) in [5.41, 5.74) is 0.436. The maximum absolute atomic E-state index is 12.8. The Morgan fingerprint density at radius 3 is 2.41 bits per heavy atom. The summed E-state index contributed by atoms with van der Waals surface area (Å²) in [7, 11) is 3.10. The SMILES string of the molecule is COc1c2cc(C(C)=O)sc2c(OC)c2cc(C(=O)N3CCOCC3)oc12. The Kier molecular flexibility index (Phi) is 4.53. The van der Waals surface area contributed by atoms with Gasteiger partial charge in [0.2, 0.25) is 0 Å². The first kappa shape index (κ1) is 17.8. The van der Waals surface area contributed by atoms with E-state index in [1.165, 1.54) is 25.4 Å². The van der Waals surface area contributed by atoms with E-state index in [1.54, 1.807) is 24.1 Å². The van der Waals surface area contributed by atoms with E-state index in [0.717, 1.165) is 10.1 Å². The van der Waals surface area contributed by atoms with E-state index in [4.69, 9.17) is 18.6 Å². The molecule has 0 spiro atoms. The highest BCUT2D eigenvalue weighted by atomic mass is 32.1. The first-order valence-corrected chi connectivity index (χ1v) is 9.35. The van der Waals surface area contributed by atoms with Crippen LogP contribution < -0.4 is 9.47 Å². The summed E-state index contributed by atoms with van der Waals surface area (Å²) in [6.07, 6.45) is 0. The van der Waals surface area contributed by atoms with Gasteiger partial charge in [-0.1, -0.05) is 0 Å². The van der Waals surface area contributed by atoms with Gasteiger partial charge in [0.05, 0.1) is 42.4 Å². The second kappa shape index (κ2) is 6.86. The maximum atomic E-state index is 12.8. The molecule has 1 aliphatic heterocycles. The molecule has 27 heavy (non-hydrogen) atoms. The van der Waals surface area contributed by atoms with Crippen molar-refractivity contribution in [3.8, 4) is 11.5 Å². The van der Waals surface area contributed by atoms with Crippen molar-refractivity contribution in [2.24, 2.45) is 0 Å². The minimum absolute atomic E-state index is 0.0277. The van der Waals surface area contributed by atoms with E-state index >= 15 is 0 Å². The number of ketones is 1. The molecule has 1 fully saturated rings. The van der Waals surface area contributed by atoms with Crippen molar-refractivity contribution in [3.05, 3.63) is 22.8 Å². The number of nitrogens with zero attached hydrogens (tertiary/aromatic N) is 1. The third-order valence-electron chi connectivity index (χ3n) is 4.63. The molecule has 0 unspecified atom stereocenters. The topological polar surface area (TPSA) is 78.2 Å². The highest BCUT2D eigenvalue weighted by Crippen LogP contribution is 2.47. The van der Waals surface area contributed by atoms with Gasteiger partial charge in [0.1, 0.15) is 5.75 Å². The summed E-state index contributed by atoms with van der Waals surface area (Å²) in [6.45, 7) is 3.61. The molecule has 142 valence electrons. The average Bonchev–Trinajstić information content (AvgIpc) is 3.31. The Balaban J connectivity index is 1.91. The number of hydrogen-bond donors (Lipinski definition) is 0. The van der Waals surface area contributed by atoms with Crippen molar-refractivity contribution in [2.75, 3.05) is 40.5 Å². The van der Waals surface area contributed by atoms with E-state index in [0.29, 0.717) is 53.6 Å². The van der Waals surface area contributed by atoms with Crippen molar-refractivity contribution >= 4 is 44.1 Å². The van der Waals surface area contributed by atoms with Crippen LogP contribution in [0, 0.1) is 0 Å². The molecule has 1 saturated heterocycles. The largest absolute Gasteiger partial charge is 0.494 e. The highest BCUT2D eigenvalue weighted by Gasteiger charge is 2.27. The number of furan rings is 1. The van der Waals surface area contributed by atoms with Gasteiger partial charge in [0.15, 0.2) is 22.9 Å². The van der Waals surface area contributed by atoms with Crippen LogP contribution in [0.25, 0.3) is 21.1 Å². The average molecular weight is 389 g/mol. The lowest BCUT2D eigenvalue weighted by Gasteiger charge is -2.25. The first-order valence-electron chi connectivity index (χ1n) is 8.54. The van der Waals surface area contributed by atoms with Gasteiger partial charge in [-0.25, -0.2) is 0 Å². The summed E-state index contributed by atoms with van der Waals surface area (Å²) in [5.74, 6) is 1.08. The van der Waals surface area contributed by atoms with E-state index in [1.807, 2.05) is 0 Å². The lowest BCUT2D eigenvalue weighted by Crippen LogP contribution is -2.40.